The van der Waals surface area contributed by atoms with Gasteiger partial charge in [-0.3, -0.25) is 14.3 Å². The number of fused-ring (bicyclic) bond motifs is 1. The lowest BCUT2D eigenvalue weighted by molar-refractivity contribution is -0.115. The Kier molecular flexibility index (Phi) is 4.14. The summed E-state index contributed by atoms with van der Waals surface area (Å²) in [6.07, 6.45) is 3.35. The Labute approximate surface area is 134 Å². The third-order valence-electron chi connectivity index (χ3n) is 4.03. The highest BCUT2D eigenvalue weighted by Gasteiger charge is 2.14. The molecule has 3 rings (SSSR count). The number of aromatic nitrogens is 2. The van der Waals surface area contributed by atoms with Gasteiger partial charge in [-0.1, -0.05) is 6.07 Å². The molecule has 1 aromatic heterocycles. The summed E-state index contributed by atoms with van der Waals surface area (Å²) in [6, 6.07) is 7.68. The van der Waals surface area contributed by atoms with Crippen molar-refractivity contribution in [1.29, 1.82) is 0 Å². The number of carbonyl (C=O) groups excluding carboxylic acids is 2. The molecule has 1 heterocycles. The lowest BCUT2D eigenvalue weighted by atomic mass is 10.1. The minimum absolute atomic E-state index is 0.0693. The molecule has 0 atom stereocenters. The molecule has 2 N–H and O–H groups in total. The number of hydrogen-bond donors (Lipinski definition) is 2. The van der Waals surface area contributed by atoms with Gasteiger partial charge in [0.1, 0.15) is 5.69 Å². The van der Waals surface area contributed by atoms with Gasteiger partial charge < -0.3 is 10.6 Å². The molecule has 0 aliphatic heterocycles. The van der Waals surface area contributed by atoms with Crippen LogP contribution in [0.2, 0.25) is 0 Å². The average molecular weight is 312 g/mol. The van der Waals surface area contributed by atoms with Crippen LogP contribution in [0.5, 0.6) is 0 Å². The van der Waals surface area contributed by atoms with Crippen LogP contribution in [0.1, 0.15) is 33.7 Å². The standard InChI is InChI=1S/C17H20N4O2/c1-11-8-15(21(2)20-11)17(23)18-10-16(22)19-14-7-6-12-4-3-5-13(12)9-14/h6-9H,3-5,10H2,1-2H3,(H,18,23)(H,19,22). The maximum absolute atomic E-state index is 12.0. The molecule has 0 radical (unpaired) electrons. The topological polar surface area (TPSA) is 76.0 Å². The SMILES string of the molecule is Cc1cc(C(=O)NCC(=O)Nc2ccc3c(c2)CCC3)n(C)n1. The second kappa shape index (κ2) is 6.24. The zero-order valence-electron chi connectivity index (χ0n) is 13.3. The molecule has 0 fully saturated rings. The number of rotatable bonds is 4. The molecule has 23 heavy (non-hydrogen) atoms. The van der Waals surface area contributed by atoms with Crippen LogP contribution in [0.15, 0.2) is 24.3 Å². The second-order valence-electron chi connectivity index (χ2n) is 5.86. The van der Waals surface area contributed by atoms with Gasteiger partial charge in [-0.05, 0) is 55.5 Å². The van der Waals surface area contributed by atoms with Crippen LogP contribution in [0.4, 0.5) is 5.69 Å². The molecule has 1 aliphatic carbocycles. The molecule has 0 spiro atoms. The fourth-order valence-electron chi connectivity index (χ4n) is 2.93. The number of nitrogens with one attached hydrogen (secondary N) is 2. The molecular formula is C17H20N4O2. The van der Waals surface area contributed by atoms with E-state index in [0.717, 1.165) is 24.2 Å². The van der Waals surface area contributed by atoms with E-state index < -0.39 is 0 Å². The number of benzene rings is 1. The first-order valence-corrected chi connectivity index (χ1v) is 7.73. The van der Waals surface area contributed by atoms with Crippen LogP contribution in [0, 0.1) is 6.92 Å². The molecule has 1 aromatic carbocycles. The molecule has 0 bridgehead atoms. The van der Waals surface area contributed by atoms with Crippen molar-refractivity contribution in [3.8, 4) is 0 Å². The fraction of sp³-hybridized carbons (Fsp3) is 0.353. The van der Waals surface area contributed by atoms with Crippen molar-refractivity contribution in [2.45, 2.75) is 26.2 Å². The summed E-state index contributed by atoms with van der Waals surface area (Å²) in [5.41, 5.74) is 4.65. The van der Waals surface area contributed by atoms with Gasteiger partial charge >= 0.3 is 0 Å². The van der Waals surface area contributed by atoms with Crippen LogP contribution in [-0.4, -0.2) is 28.1 Å². The predicted molar refractivity (Wildman–Crippen MR) is 87.4 cm³/mol. The van der Waals surface area contributed by atoms with E-state index in [1.54, 1.807) is 13.1 Å². The van der Waals surface area contributed by atoms with Crippen molar-refractivity contribution in [1.82, 2.24) is 15.1 Å². The molecule has 6 heteroatoms. The van der Waals surface area contributed by atoms with Crippen molar-refractivity contribution < 1.29 is 9.59 Å². The summed E-state index contributed by atoms with van der Waals surface area (Å²) in [6.45, 7) is 1.75. The van der Waals surface area contributed by atoms with Gasteiger partial charge in [0.15, 0.2) is 0 Å². The Balaban J connectivity index is 1.55. The van der Waals surface area contributed by atoms with Gasteiger partial charge in [0.25, 0.3) is 5.91 Å². The fourth-order valence-corrected chi connectivity index (χ4v) is 2.93. The van der Waals surface area contributed by atoms with E-state index in [2.05, 4.69) is 21.8 Å². The second-order valence-corrected chi connectivity index (χ2v) is 5.86. The summed E-state index contributed by atoms with van der Waals surface area (Å²) >= 11 is 0. The number of carbonyl (C=O) groups is 2. The largest absolute Gasteiger partial charge is 0.342 e. The molecule has 2 amide bonds. The minimum atomic E-state index is -0.308. The van der Waals surface area contributed by atoms with Gasteiger partial charge in [0, 0.05) is 12.7 Å². The van der Waals surface area contributed by atoms with Crippen LogP contribution < -0.4 is 10.6 Å². The van der Waals surface area contributed by atoms with Crippen molar-refractivity contribution in [3.63, 3.8) is 0 Å². The zero-order valence-corrected chi connectivity index (χ0v) is 13.3. The first kappa shape index (κ1) is 15.3. The van der Waals surface area contributed by atoms with Crippen molar-refractivity contribution in [2.24, 2.45) is 7.05 Å². The Hall–Kier alpha value is -2.63. The molecule has 120 valence electrons. The average Bonchev–Trinajstić information content (AvgIpc) is 3.10. The highest BCUT2D eigenvalue weighted by molar-refractivity contribution is 5.98. The predicted octanol–water partition coefficient (Wildman–Crippen LogP) is 1.59. The highest BCUT2D eigenvalue weighted by atomic mass is 16.2. The number of anilines is 1. The molecule has 0 saturated carbocycles. The van der Waals surface area contributed by atoms with Gasteiger partial charge in [-0.15, -0.1) is 0 Å². The molecule has 0 unspecified atom stereocenters. The van der Waals surface area contributed by atoms with Gasteiger partial charge in [-0.2, -0.15) is 5.10 Å². The van der Waals surface area contributed by atoms with Crippen molar-refractivity contribution in [3.05, 3.63) is 46.8 Å². The monoisotopic (exact) mass is 312 g/mol. The van der Waals surface area contributed by atoms with Gasteiger partial charge in [0.05, 0.1) is 12.2 Å². The van der Waals surface area contributed by atoms with Gasteiger partial charge in [-0.25, -0.2) is 0 Å². The normalized spacial score (nSPS) is 12.8. The first-order chi connectivity index (χ1) is 11.0. The van der Waals surface area contributed by atoms with Crippen LogP contribution in [0.3, 0.4) is 0 Å². The molecule has 6 nitrogen and oxygen atoms in total. The Morgan fingerprint density at radius 3 is 2.74 bits per heavy atom. The summed E-state index contributed by atoms with van der Waals surface area (Å²) < 4.78 is 1.50. The van der Waals surface area contributed by atoms with Gasteiger partial charge in [0.2, 0.25) is 5.91 Å². The van der Waals surface area contributed by atoms with E-state index >= 15 is 0 Å². The lowest BCUT2D eigenvalue weighted by Gasteiger charge is -2.08. The van der Waals surface area contributed by atoms with Crippen LogP contribution in [0.25, 0.3) is 0 Å². The maximum atomic E-state index is 12.0. The van der Waals surface area contributed by atoms with Crippen LogP contribution >= 0.6 is 0 Å². The summed E-state index contributed by atoms with van der Waals surface area (Å²) in [5, 5.41) is 9.55. The molecule has 2 aromatic rings. The third kappa shape index (κ3) is 3.41. The van der Waals surface area contributed by atoms with E-state index in [-0.39, 0.29) is 18.4 Å². The smallest absolute Gasteiger partial charge is 0.269 e. The minimum Gasteiger partial charge on any atom is -0.342 e. The number of nitrogens with zero attached hydrogens (tertiary/aromatic N) is 2. The summed E-state index contributed by atoms with van der Waals surface area (Å²) in [4.78, 5) is 24.0. The Morgan fingerprint density at radius 1 is 1.22 bits per heavy atom. The third-order valence-corrected chi connectivity index (χ3v) is 4.03. The summed E-state index contributed by atoms with van der Waals surface area (Å²) in [7, 11) is 1.70. The Bertz CT molecular complexity index is 764. The highest BCUT2D eigenvalue weighted by Crippen LogP contribution is 2.24. The quantitative estimate of drug-likeness (QED) is 0.900. The lowest BCUT2D eigenvalue weighted by Crippen LogP contribution is -2.33. The number of aryl methyl sites for hydroxylation is 4. The van der Waals surface area contributed by atoms with E-state index in [4.69, 9.17) is 0 Å². The number of amides is 2. The first-order valence-electron chi connectivity index (χ1n) is 7.73. The van der Waals surface area contributed by atoms with E-state index in [1.807, 2.05) is 19.1 Å². The molecule has 1 aliphatic rings. The molecular weight excluding hydrogens is 292 g/mol. The maximum Gasteiger partial charge on any atom is 0.269 e. The molecule has 0 saturated heterocycles. The van der Waals surface area contributed by atoms with E-state index in [1.165, 1.54) is 22.2 Å². The van der Waals surface area contributed by atoms with E-state index in [0.29, 0.717) is 5.69 Å². The van der Waals surface area contributed by atoms with Crippen molar-refractivity contribution >= 4 is 17.5 Å². The zero-order chi connectivity index (χ0) is 16.4. The van der Waals surface area contributed by atoms with E-state index in [9.17, 15) is 9.59 Å². The van der Waals surface area contributed by atoms with Crippen LogP contribution in [-0.2, 0) is 24.7 Å². The summed E-state index contributed by atoms with van der Waals surface area (Å²) in [5.74, 6) is -0.549. The van der Waals surface area contributed by atoms with Crippen molar-refractivity contribution in [2.75, 3.05) is 11.9 Å². The Morgan fingerprint density at radius 2 is 2.00 bits per heavy atom. The number of hydrogen-bond acceptors (Lipinski definition) is 3.